The molecule has 0 amide bonds. The monoisotopic (exact) mass is 247 g/mol. The number of aromatic nitrogens is 4. The van der Waals surface area contributed by atoms with Gasteiger partial charge in [0.2, 0.25) is 0 Å². The highest BCUT2D eigenvalue weighted by atomic mass is 15.3. The summed E-state index contributed by atoms with van der Waals surface area (Å²) in [5.41, 5.74) is 2.30. The van der Waals surface area contributed by atoms with Gasteiger partial charge in [-0.05, 0) is 19.4 Å². The van der Waals surface area contributed by atoms with Crippen LogP contribution >= 0.6 is 0 Å². The Labute approximate surface area is 108 Å². The van der Waals surface area contributed by atoms with Gasteiger partial charge in [-0.3, -0.25) is 9.36 Å². The van der Waals surface area contributed by atoms with Crippen LogP contribution in [0.5, 0.6) is 0 Å². The highest BCUT2D eigenvalue weighted by Crippen LogP contribution is 2.00. The van der Waals surface area contributed by atoms with E-state index in [-0.39, 0.29) is 0 Å². The second kappa shape index (κ2) is 6.35. The largest absolute Gasteiger partial charge is 0.307 e. The maximum Gasteiger partial charge on any atom is 0.0762 e. The molecule has 0 spiro atoms. The summed E-state index contributed by atoms with van der Waals surface area (Å²) in [6, 6.07) is 2.07. The van der Waals surface area contributed by atoms with Crippen LogP contribution in [0.2, 0.25) is 0 Å². The summed E-state index contributed by atoms with van der Waals surface area (Å²) in [5, 5.41) is 12.1. The second-order valence-corrected chi connectivity index (χ2v) is 4.38. The fraction of sp³-hybridized carbons (Fsp3) is 0.538. The van der Waals surface area contributed by atoms with E-state index in [1.807, 2.05) is 21.8 Å². The molecule has 2 aromatic rings. The zero-order valence-electron chi connectivity index (χ0n) is 11.1. The summed E-state index contributed by atoms with van der Waals surface area (Å²) >= 11 is 0. The highest BCUT2D eigenvalue weighted by Gasteiger charge is 2.00. The van der Waals surface area contributed by atoms with Gasteiger partial charge in [-0.25, -0.2) is 0 Å². The number of aryl methyl sites for hydroxylation is 2. The Balaban J connectivity index is 1.77. The summed E-state index contributed by atoms with van der Waals surface area (Å²) in [6.07, 6.45) is 7.13. The Hall–Kier alpha value is -1.62. The third-order valence-electron chi connectivity index (χ3n) is 2.79. The van der Waals surface area contributed by atoms with Gasteiger partial charge >= 0.3 is 0 Å². The predicted octanol–water partition coefficient (Wildman–Crippen LogP) is 1.80. The van der Waals surface area contributed by atoms with E-state index in [0.29, 0.717) is 0 Å². The van der Waals surface area contributed by atoms with Crippen molar-refractivity contribution in [3.63, 3.8) is 0 Å². The molecular weight excluding hydrogens is 226 g/mol. The van der Waals surface area contributed by atoms with Crippen LogP contribution < -0.4 is 5.32 Å². The normalized spacial score (nSPS) is 11.0. The molecule has 0 aliphatic carbocycles. The van der Waals surface area contributed by atoms with Gasteiger partial charge < -0.3 is 5.32 Å². The lowest BCUT2D eigenvalue weighted by atomic mass is 10.3. The van der Waals surface area contributed by atoms with Crippen molar-refractivity contribution in [1.29, 1.82) is 0 Å². The van der Waals surface area contributed by atoms with Gasteiger partial charge in [0.1, 0.15) is 0 Å². The average molecular weight is 247 g/mol. The van der Waals surface area contributed by atoms with Crippen LogP contribution in [0.25, 0.3) is 0 Å². The van der Waals surface area contributed by atoms with E-state index < -0.39 is 0 Å². The van der Waals surface area contributed by atoms with Gasteiger partial charge in [0.05, 0.1) is 11.9 Å². The van der Waals surface area contributed by atoms with E-state index in [1.54, 1.807) is 0 Å². The van der Waals surface area contributed by atoms with Crippen LogP contribution in [0, 0.1) is 0 Å². The molecule has 0 aliphatic heterocycles. The van der Waals surface area contributed by atoms with Crippen molar-refractivity contribution in [2.45, 2.75) is 46.4 Å². The Morgan fingerprint density at radius 2 is 2.11 bits per heavy atom. The van der Waals surface area contributed by atoms with Gasteiger partial charge in [0, 0.05) is 44.1 Å². The maximum absolute atomic E-state index is 4.49. The van der Waals surface area contributed by atoms with Gasteiger partial charge in [-0.15, -0.1) is 0 Å². The highest BCUT2D eigenvalue weighted by molar-refractivity contribution is 5.04. The zero-order valence-corrected chi connectivity index (χ0v) is 11.1. The van der Waals surface area contributed by atoms with Gasteiger partial charge in [0.15, 0.2) is 0 Å². The van der Waals surface area contributed by atoms with Crippen molar-refractivity contribution < 1.29 is 0 Å². The fourth-order valence-corrected chi connectivity index (χ4v) is 1.86. The molecule has 2 aromatic heterocycles. The molecule has 0 saturated carbocycles. The first-order chi connectivity index (χ1) is 8.81. The minimum Gasteiger partial charge on any atom is -0.307 e. The van der Waals surface area contributed by atoms with E-state index in [0.717, 1.165) is 38.3 Å². The standard InChI is InChI=1S/C13H21N5/c1-3-6-18-7-5-13(16-18)10-14-8-12-9-15-17(4-2)11-12/h5,7,9,11,14H,3-4,6,8,10H2,1-2H3. The minimum absolute atomic E-state index is 0.800. The summed E-state index contributed by atoms with van der Waals surface area (Å²) < 4.78 is 3.93. The van der Waals surface area contributed by atoms with E-state index in [1.165, 1.54) is 5.56 Å². The van der Waals surface area contributed by atoms with Crippen molar-refractivity contribution in [1.82, 2.24) is 24.9 Å². The van der Waals surface area contributed by atoms with Crippen molar-refractivity contribution >= 4 is 0 Å². The lowest BCUT2D eigenvalue weighted by molar-refractivity contribution is 0.582. The maximum atomic E-state index is 4.49. The number of hydrogen-bond donors (Lipinski definition) is 1. The molecule has 0 aliphatic rings. The minimum atomic E-state index is 0.800. The molecule has 0 atom stereocenters. The first kappa shape index (κ1) is 12.8. The first-order valence-electron chi connectivity index (χ1n) is 6.56. The summed E-state index contributed by atoms with van der Waals surface area (Å²) in [6.45, 7) is 7.79. The molecule has 1 N–H and O–H groups in total. The SMILES string of the molecule is CCCn1ccc(CNCc2cnn(CC)c2)n1. The molecule has 2 rings (SSSR count). The Morgan fingerprint density at radius 1 is 1.22 bits per heavy atom. The van der Waals surface area contributed by atoms with Crippen molar-refractivity contribution in [3.05, 3.63) is 35.9 Å². The van der Waals surface area contributed by atoms with Crippen LogP contribution in [0.1, 0.15) is 31.5 Å². The van der Waals surface area contributed by atoms with Crippen LogP contribution in [-0.4, -0.2) is 19.6 Å². The third kappa shape index (κ3) is 3.43. The Bertz CT molecular complexity index is 471. The number of hydrogen-bond acceptors (Lipinski definition) is 3. The first-order valence-corrected chi connectivity index (χ1v) is 6.56. The van der Waals surface area contributed by atoms with Gasteiger partial charge in [0.25, 0.3) is 0 Å². The average Bonchev–Trinajstić information content (AvgIpc) is 2.99. The van der Waals surface area contributed by atoms with Crippen LogP contribution in [0.4, 0.5) is 0 Å². The van der Waals surface area contributed by atoms with Crippen LogP contribution in [-0.2, 0) is 26.2 Å². The number of rotatable bonds is 7. The molecule has 0 saturated heterocycles. The van der Waals surface area contributed by atoms with Crippen LogP contribution in [0.3, 0.4) is 0 Å². The third-order valence-corrected chi connectivity index (χ3v) is 2.79. The van der Waals surface area contributed by atoms with E-state index >= 15 is 0 Å². The molecule has 5 nitrogen and oxygen atoms in total. The number of nitrogens with zero attached hydrogens (tertiary/aromatic N) is 4. The molecule has 5 heteroatoms. The van der Waals surface area contributed by atoms with Crippen molar-refractivity contribution in [2.75, 3.05) is 0 Å². The molecule has 18 heavy (non-hydrogen) atoms. The molecule has 0 aromatic carbocycles. The van der Waals surface area contributed by atoms with E-state index in [4.69, 9.17) is 0 Å². The zero-order chi connectivity index (χ0) is 12.8. The van der Waals surface area contributed by atoms with Crippen molar-refractivity contribution in [2.24, 2.45) is 0 Å². The van der Waals surface area contributed by atoms with E-state index in [2.05, 4.69) is 41.6 Å². The molecule has 0 fully saturated rings. The fourth-order valence-electron chi connectivity index (χ4n) is 1.86. The topological polar surface area (TPSA) is 47.7 Å². The molecule has 0 bridgehead atoms. The molecule has 0 unspecified atom stereocenters. The molecule has 0 radical (unpaired) electrons. The molecular formula is C13H21N5. The Morgan fingerprint density at radius 3 is 2.83 bits per heavy atom. The van der Waals surface area contributed by atoms with E-state index in [9.17, 15) is 0 Å². The lowest BCUT2D eigenvalue weighted by Crippen LogP contribution is -2.13. The second-order valence-electron chi connectivity index (χ2n) is 4.38. The molecule has 98 valence electrons. The predicted molar refractivity (Wildman–Crippen MR) is 71.0 cm³/mol. The Kier molecular flexibility index (Phi) is 4.52. The quantitative estimate of drug-likeness (QED) is 0.811. The number of nitrogens with one attached hydrogen (secondary N) is 1. The summed E-state index contributed by atoms with van der Waals surface area (Å²) in [7, 11) is 0. The lowest BCUT2D eigenvalue weighted by Gasteiger charge is -2.00. The smallest absolute Gasteiger partial charge is 0.0762 e. The van der Waals surface area contributed by atoms with Gasteiger partial charge in [-0.1, -0.05) is 6.92 Å². The van der Waals surface area contributed by atoms with Crippen molar-refractivity contribution in [3.8, 4) is 0 Å². The molecule has 2 heterocycles. The van der Waals surface area contributed by atoms with Crippen LogP contribution in [0.15, 0.2) is 24.7 Å². The summed E-state index contributed by atoms with van der Waals surface area (Å²) in [5.74, 6) is 0. The van der Waals surface area contributed by atoms with Gasteiger partial charge in [-0.2, -0.15) is 10.2 Å². The summed E-state index contributed by atoms with van der Waals surface area (Å²) in [4.78, 5) is 0.